The maximum atomic E-state index is 4.50. The lowest BCUT2D eigenvalue weighted by Crippen LogP contribution is -1.69. The van der Waals surface area contributed by atoms with E-state index in [0.717, 1.165) is 0 Å². The fourth-order valence-electron chi connectivity index (χ4n) is 0.385. The molecule has 2 N–H and O–H groups in total. The van der Waals surface area contributed by atoms with E-state index in [4.69, 9.17) is 0 Å². The zero-order chi connectivity index (χ0) is 6.24. The van der Waals surface area contributed by atoms with Gasteiger partial charge in [0.15, 0.2) is 0 Å². The second-order valence-corrected chi connectivity index (χ2v) is 1.15. The van der Waals surface area contributed by atoms with E-state index in [1.165, 1.54) is 7.05 Å². The van der Waals surface area contributed by atoms with E-state index in [1.807, 2.05) is 36.4 Å². The van der Waals surface area contributed by atoms with Crippen LogP contribution in [0.5, 0.6) is 0 Å². The molecule has 0 saturated heterocycles. The van der Waals surface area contributed by atoms with Gasteiger partial charge in [-0.2, -0.15) is 0 Å². The SMILES string of the molecule is B.CN.c1ccccc1. The van der Waals surface area contributed by atoms with Crippen molar-refractivity contribution in [3.63, 3.8) is 0 Å². The Morgan fingerprint density at radius 1 is 0.667 bits per heavy atom. The summed E-state index contributed by atoms with van der Waals surface area (Å²) in [7, 11) is 1.50. The lowest BCUT2D eigenvalue weighted by molar-refractivity contribution is 1.48. The minimum atomic E-state index is 0. The lowest BCUT2D eigenvalue weighted by atomic mass is 10.4. The van der Waals surface area contributed by atoms with Crippen molar-refractivity contribution >= 4 is 8.41 Å². The van der Waals surface area contributed by atoms with E-state index in [9.17, 15) is 0 Å². The van der Waals surface area contributed by atoms with Crippen LogP contribution in [0.1, 0.15) is 0 Å². The standard InChI is InChI=1S/C6H6.CH5N.BH3/c1-2-4-6-5-3-1;1-2;/h1-6H;2H2,1H3;1H3. The molecule has 1 aromatic carbocycles. The predicted molar refractivity (Wildman–Crippen MR) is 46.5 cm³/mol. The Hall–Kier alpha value is -0.755. The van der Waals surface area contributed by atoms with Crippen LogP contribution in [0.25, 0.3) is 0 Å². The summed E-state index contributed by atoms with van der Waals surface area (Å²) in [5, 5.41) is 0. The van der Waals surface area contributed by atoms with Crippen LogP contribution in [0, 0.1) is 0 Å². The van der Waals surface area contributed by atoms with Gasteiger partial charge in [0, 0.05) is 0 Å². The maximum absolute atomic E-state index is 4.50. The molecule has 0 heterocycles. The second-order valence-electron chi connectivity index (χ2n) is 1.15. The topological polar surface area (TPSA) is 26.0 Å². The summed E-state index contributed by atoms with van der Waals surface area (Å²) in [6.07, 6.45) is 0. The molecule has 0 atom stereocenters. The van der Waals surface area contributed by atoms with Gasteiger partial charge in [0.2, 0.25) is 0 Å². The molecule has 0 aliphatic rings. The smallest absolute Gasteiger partial charge is 0.0814 e. The third-order valence-corrected chi connectivity index (χ3v) is 0.667. The normalized spacial score (nSPS) is 6.00. The number of hydrogen-bond donors (Lipinski definition) is 1. The fraction of sp³-hybridized carbons (Fsp3) is 0.143. The van der Waals surface area contributed by atoms with Gasteiger partial charge in [0.05, 0.1) is 8.41 Å². The van der Waals surface area contributed by atoms with Gasteiger partial charge in [-0.05, 0) is 7.05 Å². The fourth-order valence-corrected chi connectivity index (χ4v) is 0.385. The first-order valence-corrected chi connectivity index (χ1v) is 2.58. The molecule has 0 fully saturated rings. The van der Waals surface area contributed by atoms with Crippen LogP contribution in [0.3, 0.4) is 0 Å². The van der Waals surface area contributed by atoms with Crippen molar-refractivity contribution in [3.8, 4) is 0 Å². The van der Waals surface area contributed by atoms with Crippen LogP contribution in [-0.4, -0.2) is 15.5 Å². The van der Waals surface area contributed by atoms with Crippen LogP contribution in [0.4, 0.5) is 0 Å². The van der Waals surface area contributed by atoms with E-state index in [-0.39, 0.29) is 8.41 Å². The largest absolute Gasteiger partial charge is 0.333 e. The van der Waals surface area contributed by atoms with Gasteiger partial charge in [-0.3, -0.25) is 0 Å². The molecule has 50 valence electrons. The molecule has 0 unspecified atom stereocenters. The first-order valence-electron chi connectivity index (χ1n) is 2.58. The van der Waals surface area contributed by atoms with E-state index in [1.54, 1.807) is 0 Å². The summed E-state index contributed by atoms with van der Waals surface area (Å²) in [5.74, 6) is 0. The molecule has 0 aliphatic carbocycles. The molecule has 0 amide bonds. The van der Waals surface area contributed by atoms with E-state index in [2.05, 4.69) is 5.73 Å². The molecular weight excluding hydrogens is 109 g/mol. The zero-order valence-corrected chi connectivity index (χ0v) is 5.04. The maximum Gasteiger partial charge on any atom is 0.0814 e. The Morgan fingerprint density at radius 3 is 0.889 bits per heavy atom. The molecule has 1 nitrogen and oxygen atoms in total. The van der Waals surface area contributed by atoms with Crippen LogP contribution in [-0.2, 0) is 0 Å². The van der Waals surface area contributed by atoms with Crippen LogP contribution < -0.4 is 5.73 Å². The Morgan fingerprint density at radius 2 is 0.778 bits per heavy atom. The van der Waals surface area contributed by atoms with Gasteiger partial charge in [-0.15, -0.1) is 0 Å². The van der Waals surface area contributed by atoms with Crippen molar-refractivity contribution in [3.05, 3.63) is 36.4 Å². The van der Waals surface area contributed by atoms with Crippen molar-refractivity contribution < 1.29 is 0 Å². The third-order valence-electron chi connectivity index (χ3n) is 0.667. The highest BCUT2D eigenvalue weighted by atomic mass is 14.4. The summed E-state index contributed by atoms with van der Waals surface area (Å²) in [6.45, 7) is 0. The number of hydrogen-bond acceptors (Lipinski definition) is 1. The minimum absolute atomic E-state index is 0. The summed E-state index contributed by atoms with van der Waals surface area (Å²) < 4.78 is 0. The first kappa shape index (κ1) is 11.1. The van der Waals surface area contributed by atoms with Crippen molar-refractivity contribution in [1.29, 1.82) is 0 Å². The highest BCUT2D eigenvalue weighted by Gasteiger charge is 1.57. The van der Waals surface area contributed by atoms with E-state index >= 15 is 0 Å². The molecule has 1 rings (SSSR count). The van der Waals surface area contributed by atoms with Crippen molar-refractivity contribution in [2.75, 3.05) is 7.05 Å². The number of nitrogens with two attached hydrogens (primary N) is 1. The Bertz CT molecular complexity index is 80.8. The van der Waals surface area contributed by atoms with E-state index < -0.39 is 0 Å². The summed E-state index contributed by atoms with van der Waals surface area (Å²) in [4.78, 5) is 0. The average molecular weight is 123 g/mol. The Balaban J connectivity index is 0. The Kier molecular flexibility index (Phi) is 12.7. The molecule has 1 aromatic rings. The average Bonchev–Trinajstić information content (AvgIpc) is 1.96. The van der Waals surface area contributed by atoms with Crippen molar-refractivity contribution in [1.82, 2.24) is 0 Å². The number of benzene rings is 1. The quantitative estimate of drug-likeness (QED) is 0.485. The van der Waals surface area contributed by atoms with Gasteiger partial charge in [-0.1, -0.05) is 36.4 Å². The summed E-state index contributed by atoms with van der Waals surface area (Å²) in [5.41, 5.74) is 4.50. The van der Waals surface area contributed by atoms with Gasteiger partial charge in [-0.25, -0.2) is 0 Å². The Labute approximate surface area is 58.5 Å². The van der Waals surface area contributed by atoms with Gasteiger partial charge in [0.25, 0.3) is 0 Å². The van der Waals surface area contributed by atoms with Crippen LogP contribution >= 0.6 is 0 Å². The molecule has 9 heavy (non-hydrogen) atoms. The van der Waals surface area contributed by atoms with Crippen LogP contribution in [0.2, 0.25) is 0 Å². The molecule has 0 radical (unpaired) electrons. The first-order chi connectivity index (χ1) is 4.00. The van der Waals surface area contributed by atoms with Gasteiger partial charge in [0.1, 0.15) is 0 Å². The van der Waals surface area contributed by atoms with E-state index in [0.29, 0.717) is 0 Å². The van der Waals surface area contributed by atoms with Crippen LogP contribution in [0.15, 0.2) is 36.4 Å². The summed E-state index contributed by atoms with van der Waals surface area (Å²) in [6, 6.07) is 12.0. The predicted octanol–water partition coefficient (Wildman–Crippen LogP) is 0.0776. The zero-order valence-electron chi connectivity index (χ0n) is 5.04. The summed E-state index contributed by atoms with van der Waals surface area (Å²) >= 11 is 0. The number of rotatable bonds is 0. The van der Waals surface area contributed by atoms with Gasteiger partial charge >= 0.3 is 0 Å². The monoisotopic (exact) mass is 123 g/mol. The molecule has 0 aromatic heterocycles. The third kappa shape index (κ3) is 7.24. The molecule has 0 spiro atoms. The minimum Gasteiger partial charge on any atom is -0.333 e. The van der Waals surface area contributed by atoms with Gasteiger partial charge < -0.3 is 5.73 Å². The van der Waals surface area contributed by atoms with Crippen molar-refractivity contribution in [2.45, 2.75) is 0 Å². The molecule has 0 bridgehead atoms. The second kappa shape index (κ2) is 10.3. The molecule has 0 saturated carbocycles. The lowest BCUT2D eigenvalue weighted by Gasteiger charge is -1.69. The molecule has 0 aliphatic heterocycles. The highest BCUT2D eigenvalue weighted by Crippen LogP contribution is 1.79. The molecular formula is C7H14BN. The highest BCUT2D eigenvalue weighted by molar-refractivity contribution is 5.75. The molecule has 2 heteroatoms. The van der Waals surface area contributed by atoms with Crippen molar-refractivity contribution in [2.24, 2.45) is 5.73 Å².